The number of aliphatic imine (C=N–C) groups is 1. The van der Waals surface area contributed by atoms with Crippen LogP contribution in [0.3, 0.4) is 0 Å². The van der Waals surface area contributed by atoms with Crippen LogP contribution in [0.25, 0.3) is 0 Å². The summed E-state index contributed by atoms with van der Waals surface area (Å²) >= 11 is 1.51. The second-order valence-electron chi connectivity index (χ2n) is 3.56. The Kier molecular flexibility index (Phi) is 4.10. The zero-order chi connectivity index (χ0) is 9.07. The average Bonchev–Trinajstić information content (AvgIpc) is 1.85. The van der Waals surface area contributed by atoms with Gasteiger partial charge in [-0.15, -0.1) is 0 Å². The van der Waals surface area contributed by atoms with Crippen LogP contribution in [0.1, 0.15) is 27.7 Å². The van der Waals surface area contributed by atoms with E-state index in [1.54, 1.807) is 0 Å². The summed E-state index contributed by atoms with van der Waals surface area (Å²) in [5.41, 5.74) is 1.28. The molecule has 0 rings (SSSR count). The molecular weight excluding hydrogens is 306 g/mol. The number of rotatable bonds is 2. The molecule has 0 aromatic heterocycles. The van der Waals surface area contributed by atoms with E-state index in [2.05, 4.69) is 38.6 Å². The molecule has 1 nitrogen and oxygen atoms in total. The van der Waals surface area contributed by atoms with Crippen LogP contribution < -0.4 is 0 Å². The topological polar surface area (TPSA) is 12.4 Å². The number of hydrogen-bond donors (Lipinski definition) is 0. The third-order valence-corrected chi connectivity index (χ3v) is 3.95. The van der Waals surface area contributed by atoms with E-state index in [0.717, 1.165) is 5.70 Å². The van der Waals surface area contributed by atoms with Crippen LogP contribution in [0, 0.1) is 5.41 Å². The summed E-state index contributed by atoms with van der Waals surface area (Å²) < 4.78 is 1.42. The summed E-state index contributed by atoms with van der Waals surface area (Å²) in [7, 11) is 0. The van der Waals surface area contributed by atoms with Crippen LogP contribution in [0.2, 0.25) is 0 Å². The minimum atomic E-state index is 0.279. The van der Waals surface area contributed by atoms with Crippen LogP contribution in [0.15, 0.2) is 16.8 Å². The van der Waals surface area contributed by atoms with E-state index in [9.17, 15) is 0 Å². The van der Waals surface area contributed by atoms with Gasteiger partial charge in [0.1, 0.15) is 0 Å². The molecule has 0 fully saturated rings. The van der Waals surface area contributed by atoms with Crippen LogP contribution in [0.4, 0.5) is 0 Å². The fourth-order valence-electron chi connectivity index (χ4n) is 0.452. The summed E-state index contributed by atoms with van der Waals surface area (Å²) in [4.78, 5) is 3.85. The SMILES string of the molecule is C=N/C(C)=C\[C](=[W])C(C)(C)C. The van der Waals surface area contributed by atoms with Gasteiger partial charge in [0.15, 0.2) is 0 Å². The Labute approximate surface area is 80.0 Å². The van der Waals surface area contributed by atoms with Gasteiger partial charge < -0.3 is 0 Å². The van der Waals surface area contributed by atoms with Crippen molar-refractivity contribution in [2.45, 2.75) is 27.7 Å². The van der Waals surface area contributed by atoms with Crippen molar-refractivity contribution in [1.29, 1.82) is 0 Å². The second kappa shape index (κ2) is 4.11. The molecule has 11 heavy (non-hydrogen) atoms. The Morgan fingerprint density at radius 1 is 1.45 bits per heavy atom. The van der Waals surface area contributed by atoms with E-state index in [0.29, 0.717) is 0 Å². The summed E-state index contributed by atoms with van der Waals surface area (Å²) in [5.74, 6) is 0. The summed E-state index contributed by atoms with van der Waals surface area (Å²) in [5, 5.41) is 0. The molecule has 0 saturated carbocycles. The van der Waals surface area contributed by atoms with Crippen molar-refractivity contribution in [3.8, 4) is 0 Å². The van der Waals surface area contributed by atoms with E-state index in [1.165, 1.54) is 23.3 Å². The number of nitrogens with zero attached hydrogens (tertiary/aromatic N) is 1. The summed E-state index contributed by atoms with van der Waals surface area (Å²) in [6.07, 6.45) is 2.11. The van der Waals surface area contributed by atoms with Gasteiger partial charge in [-0.1, -0.05) is 0 Å². The van der Waals surface area contributed by atoms with Gasteiger partial charge in [-0.05, 0) is 0 Å². The maximum atomic E-state index is 3.85. The third-order valence-electron chi connectivity index (χ3n) is 1.33. The molecule has 0 aliphatic carbocycles. The molecule has 0 atom stereocenters. The fourth-order valence-corrected chi connectivity index (χ4v) is 1.06. The van der Waals surface area contributed by atoms with Crippen molar-refractivity contribution in [2.24, 2.45) is 10.4 Å². The van der Waals surface area contributed by atoms with Gasteiger partial charge in [-0.25, -0.2) is 0 Å². The Morgan fingerprint density at radius 2 is 1.91 bits per heavy atom. The van der Waals surface area contributed by atoms with Crippen molar-refractivity contribution < 1.29 is 19.4 Å². The molecule has 0 aliphatic rings. The molecule has 0 amide bonds. The van der Waals surface area contributed by atoms with Gasteiger partial charge in [-0.2, -0.15) is 0 Å². The van der Waals surface area contributed by atoms with E-state index < -0.39 is 0 Å². The van der Waals surface area contributed by atoms with Crippen LogP contribution in [-0.2, 0) is 19.4 Å². The van der Waals surface area contributed by atoms with E-state index in [1.807, 2.05) is 6.92 Å². The molecule has 0 bridgehead atoms. The molecule has 0 aromatic rings. The Balaban J connectivity index is 4.42. The van der Waals surface area contributed by atoms with Crippen LogP contribution >= 0.6 is 0 Å². The quantitative estimate of drug-likeness (QED) is 0.693. The van der Waals surface area contributed by atoms with Crippen LogP contribution in [-0.4, -0.2) is 10.6 Å². The molecule has 0 radical (unpaired) electrons. The molecule has 0 unspecified atom stereocenters. The van der Waals surface area contributed by atoms with Crippen molar-refractivity contribution in [3.63, 3.8) is 0 Å². The molecule has 0 aliphatic heterocycles. The first kappa shape index (κ1) is 11.0. The Morgan fingerprint density at radius 3 is 2.18 bits per heavy atom. The molecule has 0 heterocycles. The summed E-state index contributed by atoms with van der Waals surface area (Å²) in [6.45, 7) is 12.1. The zero-order valence-electron chi connectivity index (χ0n) is 7.64. The van der Waals surface area contributed by atoms with Crippen molar-refractivity contribution in [1.82, 2.24) is 0 Å². The second-order valence-corrected chi connectivity index (χ2v) is 5.14. The van der Waals surface area contributed by atoms with Gasteiger partial charge >= 0.3 is 79.8 Å². The Hall–Kier alpha value is -0.0317. The number of allylic oxidation sites excluding steroid dienone is 2. The molecular formula is C9H15NW. The number of hydrogen-bond acceptors (Lipinski definition) is 1. The minimum absolute atomic E-state index is 0.279. The van der Waals surface area contributed by atoms with Gasteiger partial charge in [0.25, 0.3) is 0 Å². The molecule has 0 spiro atoms. The van der Waals surface area contributed by atoms with Gasteiger partial charge in [0, 0.05) is 0 Å². The first-order valence-corrected chi connectivity index (χ1v) is 5.04. The first-order chi connectivity index (χ1) is 4.88. The zero-order valence-corrected chi connectivity index (χ0v) is 10.6. The van der Waals surface area contributed by atoms with Crippen molar-refractivity contribution >= 4 is 10.6 Å². The van der Waals surface area contributed by atoms with Gasteiger partial charge in [-0.3, -0.25) is 0 Å². The maximum absolute atomic E-state index is 3.85. The van der Waals surface area contributed by atoms with Crippen molar-refractivity contribution in [2.75, 3.05) is 0 Å². The molecule has 62 valence electrons. The van der Waals surface area contributed by atoms with E-state index >= 15 is 0 Å². The fraction of sp³-hybridized carbons (Fsp3) is 0.556. The van der Waals surface area contributed by atoms with E-state index in [4.69, 9.17) is 0 Å². The van der Waals surface area contributed by atoms with E-state index in [-0.39, 0.29) is 5.41 Å². The van der Waals surface area contributed by atoms with Crippen molar-refractivity contribution in [3.05, 3.63) is 11.8 Å². The summed E-state index contributed by atoms with van der Waals surface area (Å²) in [6, 6.07) is 0. The third kappa shape index (κ3) is 4.42. The first-order valence-electron chi connectivity index (χ1n) is 3.57. The average molecular weight is 321 g/mol. The van der Waals surface area contributed by atoms with Gasteiger partial charge in [0.05, 0.1) is 0 Å². The predicted octanol–water partition coefficient (Wildman–Crippen LogP) is 2.36. The van der Waals surface area contributed by atoms with Crippen LogP contribution in [0.5, 0.6) is 0 Å². The normalized spacial score (nSPS) is 12.9. The molecule has 0 N–H and O–H groups in total. The standard InChI is InChI=1S/C9H15N.W/c1-8(10-5)6-7-9(2,3)4;/h6H,5H2,1-4H3;/b8-6-;. The Bertz CT molecular complexity index is 196. The molecule has 0 aromatic carbocycles. The molecule has 2 heteroatoms. The predicted molar refractivity (Wildman–Crippen MR) is 47.8 cm³/mol. The molecule has 0 saturated heterocycles. The monoisotopic (exact) mass is 321 g/mol. The van der Waals surface area contributed by atoms with Gasteiger partial charge in [0.2, 0.25) is 0 Å².